The average molecular weight is 293 g/mol. The first-order valence-electron chi connectivity index (χ1n) is 6.20. The Morgan fingerprint density at radius 2 is 2.30 bits per heavy atom. The molecule has 0 amide bonds. The van der Waals surface area contributed by atoms with Crippen molar-refractivity contribution in [2.75, 3.05) is 19.5 Å². The number of esters is 1. The molecule has 0 fully saturated rings. The Morgan fingerprint density at radius 3 is 2.95 bits per heavy atom. The molecule has 1 aliphatic heterocycles. The number of benzene rings is 1. The van der Waals surface area contributed by atoms with Gasteiger partial charge in [-0.2, -0.15) is 0 Å². The van der Waals surface area contributed by atoms with Crippen molar-refractivity contribution in [2.45, 2.75) is 13.3 Å². The highest BCUT2D eigenvalue weighted by atomic mass is 32.2. The van der Waals surface area contributed by atoms with Crippen molar-refractivity contribution in [2.24, 2.45) is 4.99 Å². The first-order chi connectivity index (χ1) is 9.69. The van der Waals surface area contributed by atoms with E-state index >= 15 is 0 Å². The fourth-order valence-electron chi connectivity index (χ4n) is 1.98. The Morgan fingerprint density at radius 1 is 1.50 bits per heavy atom. The zero-order valence-corrected chi connectivity index (χ0v) is 12.2. The van der Waals surface area contributed by atoms with E-state index < -0.39 is 0 Å². The molecule has 1 aromatic rings. The molecule has 0 saturated heterocycles. The van der Waals surface area contributed by atoms with Crippen LogP contribution in [0.25, 0.3) is 0 Å². The van der Waals surface area contributed by atoms with Gasteiger partial charge in [-0.25, -0.2) is 4.99 Å². The molecule has 0 aliphatic carbocycles. The van der Waals surface area contributed by atoms with Crippen LogP contribution in [0.15, 0.2) is 17.1 Å². The van der Waals surface area contributed by atoms with E-state index in [9.17, 15) is 9.59 Å². The van der Waals surface area contributed by atoms with E-state index in [2.05, 4.69) is 4.99 Å². The summed E-state index contributed by atoms with van der Waals surface area (Å²) in [5.74, 6) is 0.517. The van der Waals surface area contributed by atoms with Crippen LogP contribution in [0.5, 0.6) is 5.75 Å². The third kappa shape index (κ3) is 3.01. The second-order valence-electron chi connectivity index (χ2n) is 4.07. The third-order valence-electron chi connectivity index (χ3n) is 2.87. The number of aldehydes is 1. The molecule has 6 heteroatoms. The fourth-order valence-corrected chi connectivity index (χ4v) is 2.76. The van der Waals surface area contributed by atoms with E-state index in [1.807, 2.05) is 6.07 Å². The second kappa shape index (κ2) is 6.56. The topological polar surface area (TPSA) is 65.0 Å². The highest BCUT2D eigenvalue weighted by molar-refractivity contribution is 8.14. The van der Waals surface area contributed by atoms with Gasteiger partial charge in [0.25, 0.3) is 0 Å². The molecule has 0 unspecified atom stereocenters. The van der Waals surface area contributed by atoms with E-state index in [-0.39, 0.29) is 11.7 Å². The number of carbonyl (C=O) groups is 2. The van der Waals surface area contributed by atoms with Crippen LogP contribution in [-0.4, -0.2) is 36.8 Å². The summed E-state index contributed by atoms with van der Waals surface area (Å²) in [4.78, 5) is 26.9. The van der Waals surface area contributed by atoms with Crippen LogP contribution < -0.4 is 4.74 Å². The van der Waals surface area contributed by atoms with Crippen molar-refractivity contribution in [3.8, 4) is 5.75 Å². The van der Waals surface area contributed by atoms with Gasteiger partial charge in [0.2, 0.25) is 0 Å². The number of thioether (sulfide) groups is 1. The predicted octanol–water partition coefficient (Wildman–Crippen LogP) is 2.39. The Hall–Kier alpha value is -1.82. The van der Waals surface area contributed by atoms with Crippen LogP contribution in [-0.2, 0) is 16.0 Å². The molecule has 0 atom stereocenters. The summed E-state index contributed by atoms with van der Waals surface area (Å²) in [5, 5.41) is 0.810. The molecule has 1 aromatic carbocycles. The van der Waals surface area contributed by atoms with Crippen molar-refractivity contribution in [1.29, 1.82) is 0 Å². The van der Waals surface area contributed by atoms with Crippen molar-refractivity contribution in [3.05, 3.63) is 23.3 Å². The van der Waals surface area contributed by atoms with E-state index in [1.165, 1.54) is 18.9 Å². The summed E-state index contributed by atoms with van der Waals surface area (Å²) in [5.41, 5.74) is 2.14. The molecular formula is C14H15NO4S. The fraction of sp³-hybridized carbons (Fsp3) is 0.357. The van der Waals surface area contributed by atoms with Crippen LogP contribution >= 0.6 is 11.8 Å². The highest BCUT2D eigenvalue weighted by Crippen LogP contribution is 2.36. The minimum atomic E-state index is -0.260. The van der Waals surface area contributed by atoms with Crippen LogP contribution in [0.3, 0.4) is 0 Å². The van der Waals surface area contributed by atoms with Gasteiger partial charge in [0.05, 0.1) is 35.8 Å². The number of ether oxygens (including phenoxy) is 2. The first-order valence-corrected chi connectivity index (χ1v) is 7.19. The van der Waals surface area contributed by atoms with Crippen LogP contribution in [0.4, 0.5) is 5.69 Å². The Labute approximate surface area is 121 Å². The maximum Gasteiger partial charge on any atom is 0.316 e. The molecule has 0 N–H and O–H groups in total. The van der Waals surface area contributed by atoms with Crippen LogP contribution in [0.1, 0.15) is 22.8 Å². The number of aliphatic imine (C=N–C) groups is 1. The first kappa shape index (κ1) is 14.6. The SMILES string of the molecule is CCOC(=O)CSC1=Nc2ccc(OC)c(C=O)c2C1. The minimum Gasteiger partial charge on any atom is -0.496 e. The normalized spacial score (nSPS) is 12.6. The van der Waals surface area contributed by atoms with E-state index in [1.54, 1.807) is 13.0 Å². The summed E-state index contributed by atoms with van der Waals surface area (Å²) in [6.07, 6.45) is 1.33. The zero-order valence-electron chi connectivity index (χ0n) is 11.3. The molecule has 1 heterocycles. The van der Waals surface area contributed by atoms with Crippen molar-refractivity contribution in [3.63, 3.8) is 0 Å². The van der Waals surface area contributed by atoms with E-state index in [0.29, 0.717) is 24.3 Å². The largest absolute Gasteiger partial charge is 0.496 e. The van der Waals surface area contributed by atoms with Gasteiger partial charge >= 0.3 is 5.97 Å². The Bertz CT molecular complexity index is 569. The summed E-state index contributed by atoms with van der Waals surface area (Å²) in [7, 11) is 1.53. The molecule has 5 nitrogen and oxygen atoms in total. The summed E-state index contributed by atoms with van der Waals surface area (Å²) >= 11 is 1.34. The number of fused-ring (bicyclic) bond motifs is 1. The quantitative estimate of drug-likeness (QED) is 0.616. The molecular weight excluding hydrogens is 278 g/mol. The Kier molecular flexibility index (Phi) is 4.79. The molecule has 0 spiro atoms. The van der Waals surface area contributed by atoms with E-state index in [4.69, 9.17) is 9.47 Å². The number of hydrogen-bond donors (Lipinski definition) is 0. The van der Waals surface area contributed by atoms with Gasteiger partial charge in [-0.05, 0) is 24.6 Å². The van der Waals surface area contributed by atoms with Crippen LogP contribution in [0.2, 0.25) is 0 Å². The number of nitrogens with zero attached hydrogens (tertiary/aromatic N) is 1. The molecule has 106 valence electrons. The highest BCUT2D eigenvalue weighted by Gasteiger charge is 2.21. The van der Waals surface area contributed by atoms with Crippen molar-refractivity contribution >= 4 is 34.7 Å². The van der Waals surface area contributed by atoms with Crippen molar-refractivity contribution < 1.29 is 19.1 Å². The number of rotatable bonds is 5. The van der Waals surface area contributed by atoms with Gasteiger partial charge in [0.15, 0.2) is 6.29 Å². The monoisotopic (exact) mass is 293 g/mol. The lowest BCUT2D eigenvalue weighted by molar-refractivity contribution is -0.139. The maximum absolute atomic E-state index is 11.3. The third-order valence-corrected chi connectivity index (χ3v) is 3.81. The zero-order chi connectivity index (χ0) is 14.5. The molecule has 0 aromatic heterocycles. The van der Waals surface area contributed by atoms with Gasteiger partial charge in [-0.15, -0.1) is 0 Å². The molecule has 0 saturated carbocycles. The Balaban J connectivity index is 2.09. The molecule has 0 radical (unpaired) electrons. The van der Waals surface area contributed by atoms with Gasteiger partial charge in [0, 0.05) is 6.42 Å². The molecule has 2 rings (SSSR count). The molecule has 0 bridgehead atoms. The molecule has 1 aliphatic rings. The van der Waals surface area contributed by atoms with Gasteiger partial charge in [0.1, 0.15) is 5.75 Å². The van der Waals surface area contributed by atoms with E-state index in [0.717, 1.165) is 22.6 Å². The number of hydrogen-bond acceptors (Lipinski definition) is 6. The van der Waals surface area contributed by atoms with Gasteiger partial charge in [-0.1, -0.05) is 11.8 Å². The van der Waals surface area contributed by atoms with Gasteiger partial charge in [-0.3, -0.25) is 9.59 Å². The number of carbonyl (C=O) groups excluding carboxylic acids is 2. The van der Waals surface area contributed by atoms with Crippen molar-refractivity contribution in [1.82, 2.24) is 0 Å². The lowest BCUT2D eigenvalue weighted by Gasteiger charge is -2.07. The summed E-state index contributed by atoms with van der Waals surface area (Å²) in [6, 6.07) is 3.55. The average Bonchev–Trinajstić information content (AvgIpc) is 2.87. The number of methoxy groups -OCH3 is 1. The molecule has 20 heavy (non-hydrogen) atoms. The minimum absolute atomic E-state index is 0.230. The summed E-state index contributed by atoms with van der Waals surface area (Å²) < 4.78 is 10.0. The second-order valence-corrected chi connectivity index (χ2v) is 5.12. The smallest absolute Gasteiger partial charge is 0.316 e. The lowest BCUT2D eigenvalue weighted by Crippen LogP contribution is -2.09. The predicted molar refractivity (Wildman–Crippen MR) is 78.3 cm³/mol. The lowest BCUT2D eigenvalue weighted by atomic mass is 10.0. The van der Waals surface area contributed by atoms with Crippen LogP contribution in [0, 0.1) is 0 Å². The standard InChI is InChI=1S/C14H15NO4S/c1-3-19-14(17)8-20-13-6-9-10(7-16)12(18-2)5-4-11(9)15-13/h4-5,7H,3,6,8H2,1-2H3. The van der Waals surface area contributed by atoms with Gasteiger partial charge < -0.3 is 9.47 Å². The summed E-state index contributed by atoms with van der Waals surface area (Å²) in [6.45, 7) is 2.15. The maximum atomic E-state index is 11.3.